The number of fused-ring (bicyclic) bond motifs is 4. The molecule has 0 bridgehead atoms. The molecule has 5 fully saturated rings. The fourth-order valence-electron chi connectivity index (χ4n) is 12.9. The Hall–Kier alpha value is -4.31. The van der Waals surface area contributed by atoms with Crippen molar-refractivity contribution in [2.75, 3.05) is 55.7 Å². The molecule has 2 aromatic rings. The Kier molecular flexibility index (Phi) is 14.5. The molecule has 2 aliphatic heterocycles. The Morgan fingerprint density at radius 2 is 1.59 bits per heavy atom. The molecule has 0 aromatic heterocycles. The van der Waals surface area contributed by atoms with Gasteiger partial charge in [0.1, 0.15) is 11.2 Å². The number of carbonyl (C=O) groups excluding carboxylic acids is 3. The Bertz CT molecular complexity index is 2150. The van der Waals surface area contributed by atoms with E-state index in [1.807, 2.05) is 30.3 Å². The third kappa shape index (κ3) is 8.06. The maximum absolute atomic E-state index is 13.0. The molecule has 350 valence electrons. The van der Waals surface area contributed by atoms with Crippen LogP contribution in [0.4, 0.5) is 0 Å². The van der Waals surface area contributed by atoms with Gasteiger partial charge in [-0.1, -0.05) is 45.4 Å². The van der Waals surface area contributed by atoms with Crippen LogP contribution in [0.2, 0.25) is 0 Å². The van der Waals surface area contributed by atoms with Crippen LogP contribution in [0, 0.1) is 45.8 Å². The lowest BCUT2D eigenvalue weighted by atomic mass is 9.43. The first kappa shape index (κ1) is 49.1. The van der Waals surface area contributed by atoms with Gasteiger partial charge in [-0.3, -0.25) is 14.4 Å². The van der Waals surface area contributed by atoms with Crippen molar-refractivity contribution in [2.24, 2.45) is 34.5 Å². The standard InChI is InChI=1S/C27H38N2O4.C24H30O6.ClH/c1-20(2)27(19-28,22-10-12-24(31-5)26(18-22)33-7)14-8-15-29(3)16-13-21-9-11-23(30-4)25(17-21)32-6;1-21-7-4-14(25)10-13(21)11-15(20(27)28-3)19-16-5-8-23(9-6-18(26)30-23)22(16,2)12-17-24(19,21)29-17;/h9-12,17-18,20H,8,13-16H2,1-7H3;10,15-17,19H,4-9,11-12H2,1-3H3;1H/t;15-,16+,17-,19+,21+,22+,23-,24-;/m.1./s1. The van der Waals surface area contributed by atoms with Crippen LogP contribution >= 0.6 is 12.4 Å². The third-order valence-electron chi connectivity index (χ3n) is 16.6. The smallest absolute Gasteiger partial charge is 0.309 e. The number of esters is 2. The second kappa shape index (κ2) is 18.9. The molecule has 2 heterocycles. The lowest BCUT2D eigenvalue weighted by Gasteiger charge is -2.58. The number of halogens is 1. The number of epoxide rings is 1. The van der Waals surface area contributed by atoms with Crippen LogP contribution in [0.25, 0.3) is 0 Å². The minimum Gasteiger partial charge on any atom is -0.493 e. The number of ketones is 1. The molecule has 0 amide bonds. The van der Waals surface area contributed by atoms with Crippen molar-refractivity contribution in [3.63, 3.8) is 0 Å². The lowest BCUT2D eigenvalue weighted by Crippen LogP contribution is -2.63. The van der Waals surface area contributed by atoms with E-state index >= 15 is 0 Å². The first-order chi connectivity index (χ1) is 30.0. The highest BCUT2D eigenvalue weighted by atomic mass is 35.5. The van der Waals surface area contributed by atoms with E-state index in [9.17, 15) is 19.6 Å². The fourth-order valence-corrected chi connectivity index (χ4v) is 12.9. The van der Waals surface area contributed by atoms with Crippen LogP contribution in [0.1, 0.15) is 103 Å². The van der Waals surface area contributed by atoms with Crippen LogP contribution < -0.4 is 18.9 Å². The van der Waals surface area contributed by atoms with Gasteiger partial charge >= 0.3 is 11.9 Å². The molecule has 2 aromatic carbocycles. The number of likely N-dealkylation sites (N-methyl/N-ethyl adjacent to an activating group) is 1. The summed E-state index contributed by atoms with van der Waals surface area (Å²) in [6.07, 6.45) is 10.2. The van der Waals surface area contributed by atoms with Crippen molar-refractivity contribution < 1.29 is 47.5 Å². The number of carbonyl (C=O) groups is 3. The lowest BCUT2D eigenvalue weighted by molar-refractivity contribution is -0.172. The minimum absolute atomic E-state index is 0. The number of benzene rings is 2. The molecule has 1 unspecified atom stereocenters. The molecule has 3 saturated carbocycles. The van der Waals surface area contributed by atoms with E-state index in [1.54, 1.807) is 34.5 Å². The highest BCUT2D eigenvalue weighted by Gasteiger charge is 2.83. The zero-order valence-corrected chi connectivity index (χ0v) is 40.3. The normalized spacial score (nSPS) is 31.6. The van der Waals surface area contributed by atoms with Crippen molar-refractivity contribution >= 4 is 30.1 Å². The summed E-state index contributed by atoms with van der Waals surface area (Å²) in [4.78, 5) is 39.7. The van der Waals surface area contributed by atoms with E-state index in [2.05, 4.69) is 51.8 Å². The monoisotopic (exact) mass is 904 g/mol. The predicted molar refractivity (Wildman–Crippen MR) is 244 cm³/mol. The van der Waals surface area contributed by atoms with Crippen LogP contribution in [-0.4, -0.2) is 95.6 Å². The molecule has 8 rings (SSSR count). The zero-order chi connectivity index (χ0) is 45.5. The summed E-state index contributed by atoms with van der Waals surface area (Å²) in [6.45, 7) is 10.6. The molecule has 2 spiro atoms. The average molecular weight is 906 g/mol. The number of nitrogens with zero attached hydrogens (tertiary/aromatic N) is 2. The number of hydrogen-bond acceptors (Lipinski definition) is 12. The first-order valence-corrected chi connectivity index (χ1v) is 22.8. The van der Waals surface area contributed by atoms with Crippen molar-refractivity contribution in [3.8, 4) is 29.1 Å². The van der Waals surface area contributed by atoms with Gasteiger partial charge in [0.25, 0.3) is 0 Å². The summed E-state index contributed by atoms with van der Waals surface area (Å²) in [7, 11) is 10.1. The van der Waals surface area contributed by atoms with Gasteiger partial charge in [-0.05, 0) is 125 Å². The van der Waals surface area contributed by atoms with Gasteiger partial charge in [0.15, 0.2) is 28.8 Å². The molecular weight excluding hydrogens is 836 g/mol. The Morgan fingerprint density at radius 1 is 0.922 bits per heavy atom. The minimum atomic E-state index is -0.580. The predicted octanol–water partition coefficient (Wildman–Crippen LogP) is 8.64. The van der Waals surface area contributed by atoms with E-state index in [0.29, 0.717) is 30.8 Å². The van der Waals surface area contributed by atoms with Gasteiger partial charge < -0.3 is 38.1 Å². The average Bonchev–Trinajstić information content (AvgIpc) is 3.77. The highest BCUT2D eigenvalue weighted by Crippen LogP contribution is 2.78. The maximum Gasteiger partial charge on any atom is 0.309 e. The summed E-state index contributed by atoms with van der Waals surface area (Å²) in [6, 6.07) is 14.5. The van der Waals surface area contributed by atoms with E-state index in [0.717, 1.165) is 87.1 Å². The third-order valence-corrected chi connectivity index (χ3v) is 16.6. The quantitative estimate of drug-likeness (QED) is 0.132. The summed E-state index contributed by atoms with van der Waals surface area (Å²) >= 11 is 0. The van der Waals surface area contributed by atoms with Crippen LogP contribution in [0.3, 0.4) is 0 Å². The highest BCUT2D eigenvalue weighted by molar-refractivity contribution is 5.92. The molecule has 13 heteroatoms. The fraction of sp³-hybridized carbons (Fsp3) is 0.647. The van der Waals surface area contributed by atoms with Gasteiger partial charge in [-0.15, -0.1) is 12.4 Å². The zero-order valence-electron chi connectivity index (χ0n) is 39.5. The summed E-state index contributed by atoms with van der Waals surface area (Å²) in [5.41, 5.74) is 1.43. The van der Waals surface area contributed by atoms with E-state index in [-0.39, 0.29) is 70.7 Å². The van der Waals surface area contributed by atoms with Crippen molar-refractivity contribution in [2.45, 2.75) is 121 Å². The second-order valence-electron chi connectivity index (χ2n) is 19.6. The Labute approximate surface area is 386 Å². The SMILES string of the molecule is COC(=O)[C@@H]1CC2=CC(=O)CC[C@]2(C)[C@@]23O[C@@H]2C[C@@]2(C)[C@@H](CC[C@@]24CCC(=O)O4)[C@H]13.COc1ccc(CCN(C)CCCC(C#N)(c2ccc(OC)c(OC)c2)C(C)C)cc1OC.Cl. The second-order valence-corrected chi connectivity index (χ2v) is 19.6. The Balaban J connectivity index is 0.000000210. The summed E-state index contributed by atoms with van der Waals surface area (Å²) < 4.78 is 39.5. The molecule has 4 aliphatic carbocycles. The summed E-state index contributed by atoms with van der Waals surface area (Å²) in [5, 5.41) is 10.2. The molecule has 12 nitrogen and oxygen atoms in total. The van der Waals surface area contributed by atoms with Crippen molar-refractivity contribution in [3.05, 3.63) is 59.2 Å². The van der Waals surface area contributed by atoms with Crippen LogP contribution in [0.5, 0.6) is 23.0 Å². The first-order valence-electron chi connectivity index (χ1n) is 22.8. The van der Waals surface area contributed by atoms with Crippen molar-refractivity contribution in [1.82, 2.24) is 4.90 Å². The Morgan fingerprint density at radius 3 is 2.20 bits per heavy atom. The molecule has 0 N–H and O–H groups in total. The number of nitriles is 1. The summed E-state index contributed by atoms with van der Waals surface area (Å²) in [5.74, 6) is 2.79. The molecule has 9 atom stereocenters. The maximum atomic E-state index is 13.0. The number of ether oxygens (including phenoxy) is 7. The molecule has 2 saturated heterocycles. The van der Waals surface area contributed by atoms with E-state index in [1.165, 1.54) is 12.7 Å². The van der Waals surface area contributed by atoms with Crippen LogP contribution in [-0.2, 0) is 40.4 Å². The van der Waals surface area contributed by atoms with Gasteiger partial charge in [0.2, 0.25) is 0 Å². The molecule has 0 radical (unpaired) electrons. The molecular formula is C51H69ClN2O10. The molecule has 64 heavy (non-hydrogen) atoms. The largest absolute Gasteiger partial charge is 0.493 e. The number of hydrogen-bond donors (Lipinski definition) is 0. The van der Waals surface area contributed by atoms with Gasteiger partial charge in [0.05, 0.1) is 59.1 Å². The van der Waals surface area contributed by atoms with E-state index < -0.39 is 16.6 Å². The number of rotatable bonds is 14. The van der Waals surface area contributed by atoms with Crippen molar-refractivity contribution in [1.29, 1.82) is 5.26 Å². The molecule has 6 aliphatic rings. The van der Waals surface area contributed by atoms with Gasteiger partial charge in [-0.2, -0.15) is 5.26 Å². The van der Waals surface area contributed by atoms with E-state index in [4.69, 9.17) is 33.2 Å². The number of methoxy groups -OCH3 is 5. The van der Waals surface area contributed by atoms with Gasteiger partial charge in [-0.25, -0.2) is 0 Å². The topological polar surface area (TPSA) is 146 Å². The van der Waals surface area contributed by atoms with Crippen LogP contribution in [0.15, 0.2) is 48.0 Å². The van der Waals surface area contributed by atoms with Gasteiger partial charge in [0, 0.05) is 36.1 Å².